The molecule has 7 heteroatoms. The first-order valence-corrected chi connectivity index (χ1v) is 8.76. The van der Waals surface area contributed by atoms with Gasteiger partial charge < -0.3 is 16.0 Å². The molecule has 2 amide bonds. The van der Waals surface area contributed by atoms with Crippen molar-refractivity contribution < 1.29 is 13.2 Å². The van der Waals surface area contributed by atoms with E-state index in [1.54, 1.807) is 0 Å². The van der Waals surface area contributed by atoms with E-state index in [0.717, 1.165) is 32.4 Å². The number of rotatable bonds is 3. The summed E-state index contributed by atoms with van der Waals surface area (Å²) in [6.07, 6.45) is 4.33. The van der Waals surface area contributed by atoms with Crippen molar-refractivity contribution in [1.29, 1.82) is 0 Å². The topological polar surface area (TPSA) is 87.3 Å². The Labute approximate surface area is 114 Å². The molecule has 0 radical (unpaired) electrons. The van der Waals surface area contributed by atoms with Crippen LogP contribution in [-0.2, 0) is 9.84 Å². The molecule has 2 aliphatic rings. The zero-order chi connectivity index (χ0) is 13.7. The summed E-state index contributed by atoms with van der Waals surface area (Å²) in [5.41, 5.74) is 0. The molecular formula is C12H23N3O3S. The van der Waals surface area contributed by atoms with Gasteiger partial charge in [-0.1, -0.05) is 0 Å². The van der Waals surface area contributed by atoms with Gasteiger partial charge >= 0.3 is 6.03 Å². The van der Waals surface area contributed by atoms with Crippen LogP contribution in [0.1, 0.15) is 32.1 Å². The highest BCUT2D eigenvalue weighted by Crippen LogP contribution is 2.17. The molecular weight excluding hydrogens is 266 g/mol. The smallest absolute Gasteiger partial charge is 0.315 e. The van der Waals surface area contributed by atoms with Gasteiger partial charge in [-0.15, -0.1) is 0 Å². The van der Waals surface area contributed by atoms with Crippen LogP contribution < -0.4 is 16.0 Å². The number of nitrogens with one attached hydrogen (secondary N) is 3. The van der Waals surface area contributed by atoms with Crippen LogP contribution in [0.5, 0.6) is 0 Å². The van der Waals surface area contributed by atoms with Crippen LogP contribution in [0.2, 0.25) is 0 Å². The fraction of sp³-hybridized carbons (Fsp3) is 0.917. The number of amides is 2. The van der Waals surface area contributed by atoms with Gasteiger partial charge in [-0.25, -0.2) is 13.2 Å². The van der Waals surface area contributed by atoms with E-state index in [9.17, 15) is 13.2 Å². The van der Waals surface area contributed by atoms with Crippen LogP contribution in [0, 0.1) is 5.92 Å². The number of hydrogen-bond donors (Lipinski definition) is 3. The van der Waals surface area contributed by atoms with Crippen LogP contribution in [0.4, 0.5) is 4.79 Å². The molecule has 0 aliphatic carbocycles. The first-order chi connectivity index (χ1) is 9.08. The van der Waals surface area contributed by atoms with Crippen molar-refractivity contribution >= 4 is 15.9 Å². The lowest BCUT2D eigenvalue weighted by molar-refractivity contribution is 0.235. The molecule has 2 rings (SSSR count). The fourth-order valence-electron chi connectivity index (χ4n) is 2.65. The minimum atomic E-state index is -3.15. The highest BCUT2D eigenvalue weighted by Gasteiger charge is 2.30. The van der Waals surface area contributed by atoms with Crippen molar-refractivity contribution in [3.8, 4) is 0 Å². The molecule has 2 saturated heterocycles. The van der Waals surface area contributed by atoms with Crippen molar-refractivity contribution in [2.45, 2.75) is 37.5 Å². The van der Waals surface area contributed by atoms with Crippen molar-refractivity contribution in [2.75, 3.05) is 25.4 Å². The molecule has 3 N–H and O–H groups in total. The Kier molecular flexibility index (Phi) is 5.04. The summed E-state index contributed by atoms with van der Waals surface area (Å²) >= 11 is 0. The van der Waals surface area contributed by atoms with E-state index in [-0.39, 0.29) is 11.8 Å². The van der Waals surface area contributed by atoms with Gasteiger partial charge in [-0.2, -0.15) is 0 Å². The van der Waals surface area contributed by atoms with E-state index in [1.165, 1.54) is 0 Å². The Morgan fingerprint density at radius 2 is 2.05 bits per heavy atom. The summed E-state index contributed by atoms with van der Waals surface area (Å²) in [5.74, 6) is 0.632. The van der Waals surface area contributed by atoms with Crippen LogP contribution in [0.25, 0.3) is 0 Å². The second-order valence-electron chi connectivity index (χ2n) is 5.42. The van der Waals surface area contributed by atoms with E-state index in [4.69, 9.17) is 0 Å². The van der Waals surface area contributed by atoms with E-state index >= 15 is 0 Å². The Morgan fingerprint density at radius 3 is 2.74 bits per heavy atom. The van der Waals surface area contributed by atoms with Gasteiger partial charge in [0.05, 0.1) is 5.75 Å². The average Bonchev–Trinajstić information content (AvgIpc) is 2.40. The number of piperidine rings is 1. The van der Waals surface area contributed by atoms with Gasteiger partial charge in [-0.3, -0.25) is 0 Å². The highest BCUT2D eigenvalue weighted by molar-refractivity contribution is 7.92. The molecule has 2 fully saturated rings. The molecule has 2 unspecified atom stereocenters. The third kappa shape index (κ3) is 4.35. The normalized spacial score (nSPS) is 30.5. The molecule has 19 heavy (non-hydrogen) atoms. The quantitative estimate of drug-likeness (QED) is 0.693. The third-order valence-corrected chi connectivity index (χ3v) is 5.90. The molecule has 2 aliphatic heterocycles. The Balaban J connectivity index is 1.74. The Morgan fingerprint density at radius 1 is 1.21 bits per heavy atom. The van der Waals surface area contributed by atoms with Gasteiger partial charge in [0.1, 0.15) is 5.37 Å². The molecule has 0 saturated carbocycles. The number of sulfone groups is 1. The summed E-state index contributed by atoms with van der Waals surface area (Å²) in [4.78, 5) is 11.7. The van der Waals surface area contributed by atoms with E-state index in [1.807, 2.05) is 0 Å². The maximum atomic E-state index is 11.8. The molecule has 2 heterocycles. The van der Waals surface area contributed by atoms with Crippen LogP contribution in [-0.4, -0.2) is 45.2 Å². The van der Waals surface area contributed by atoms with Gasteiger partial charge in [0.25, 0.3) is 0 Å². The van der Waals surface area contributed by atoms with Gasteiger partial charge in [0, 0.05) is 6.54 Å². The fourth-order valence-corrected chi connectivity index (χ4v) is 4.35. The lowest BCUT2D eigenvalue weighted by Crippen LogP contribution is -2.49. The summed E-state index contributed by atoms with van der Waals surface area (Å²) in [6.45, 7) is 2.57. The van der Waals surface area contributed by atoms with Gasteiger partial charge in [-0.05, 0) is 51.1 Å². The maximum absolute atomic E-state index is 11.8. The minimum Gasteiger partial charge on any atom is -0.338 e. The van der Waals surface area contributed by atoms with Gasteiger partial charge in [0.15, 0.2) is 9.84 Å². The second-order valence-corrected chi connectivity index (χ2v) is 7.72. The summed E-state index contributed by atoms with van der Waals surface area (Å²) in [7, 11) is -3.15. The Hall–Kier alpha value is -0.820. The zero-order valence-electron chi connectivity index (χ0n) is 11.2. The summed E-state index contributed by atoms with van der Waals surface area (Å²) in [5, 5.41) is 7.96. The molecule has 0 aromatic rings. The highest BCUT2D eigenvalue weighted by atomic mass is 32.2. The second kappa shape index (κ2) is 6.56. The van der Waals surface area contributed by atoms with Crippen molar-refractivity contribution in [3.63, 3.8) is 0 Å². The Bertz CT molecular complexity index is 404. The van der Waals surface area contributed by atoms with Crippen molar-refractivity contribution in [2.24, 2.45) is 5.92 Å². The molecule has 0 aromatic heterocycles. The number of carbonyl (C=O) groups is 1. The van der Waals surface area contributed by atoms with Crippen LogP contribution in [0.15, 0.2) is 0 Å². The molecule has 0 aromatic carbocycles. The molecule has 2 atom stereocenters. The van der Waals surface area contributed by atoms with Crippen molar-refractivity contribution in [1.82, 2.24) is 16.0 Å². The summed E-state index contributed by atoms with van der Waals surface area (Å²) in [6, 6.07) is -0.360. The zero-order valence-corrected chi connectivity index (χ0v) is 12.0. The predicted octanol–water partition coefficient (Wildman–Crippen LogP) is 0.210. The number of hydrogen-bond acceptors (Lipinski definition) is 4. The van der Waals surface area contributed by atoms with Crippen LogP contribution >= 0.6 is 0 Å². The lowest BCUT2D eigenvalue weighted by atomic mass is 10.00. The first-order valence-electron chi connectivity index (χ1n) is 7.04. The SMILES string of the molecule is O=C(NCC1CCCNC1)NC1CCCCS1(=O)=O. The van der Waals surface area contributed by atoms with Crippen molar-refractivity contribution in [3.05, 3.63) is 0 Å². The largest absolute Gasteiger partial charge is 0.338 e. The monoisotopic (exact) mass is 289 g/mol. The molecule has 0 spiro atoms. The van der Waals surface area contributed by atoms with Gasteiger partial charge in [0.2, 0.25) is 0 Å². The van der Waals surface area contributed by atoms with E-state index in [2.05, 4.69) is 16.0 Å². The number of carbonyl (C=O) groups excluding carboxylic acids is 1. The van der Waals surface area contributed by atoms with E-state index < -0.39 is 15.2 Å². The number of urea groups is 1. The standard InChI is InChI=1S/C12H23N3O3S/c16-12(14-9-10-4-3-6-13-8-10)15-11-5-1-2-7-19(11,17)18/h10-11,13H,1-9H2,(H2,14,15,16). The average molecular weight is 289 g/mol. The lowest BCUT2D eigenvalue weighted by Gasteiger charge is -2.25. The van der Waals surface area contributed by atoms with E-state index in [0.29, 0.717) is 25.3 Å². The molecule has 6 nitrogen and oxygen atoms in total. The molecule has 110 valence electrons. The third-order valence-electron chi connectivity index (χ3n) is 3.82. The molecule has 0 bridgehead atoms. The minimum absolute atomic E-state index is 0.185. The maximum Gasteiger partial charge on any atom is 0.315 e. The predicted molar refractivity (Wildman–Crippen MR) is 73.6 cm³/mol. The first kappa shape index (κ1) is 14.6. The van der Waals surface area contributed by atoms with Crippen LogP contribution in [0.3, 0.4) is 0 Å². The summed E-state index contributed by atoms with van der Waals surface area (Å²) < 4.78 is 23.5.